The molecular weight excluding hydrogens is 318 g/mol. The number of hydrogen-bond donors (Lipinski definition) is 2. The molecule has 8 heteroatoms. The number of rotatable bonds is 9. The molecule has 0 saturated heterocycles. The van der Waals surface area contributed by atoms with Gasteiger partial charge in [0.1, 0.15) is 5.75 Å². The second-order valence-electron chi connectivity index (χ2n) is 5.07. The zero-order chi connectivity index (χ0) is 17.5. The van der Waals surface area contributed by atoms with Crippen LogP contribution in [0, 0.1) is 0 Å². The van der Waals surface area contributed by atoms with E-state index < -0.39 is 10.0 Å². The summed E-state index contributed by atoms with van der Waals surface area (Å²) >= 11 is 0. The van der Waals surface area contributed by atoms with Crippen molar-refractivity contribution in [2.45, 2.75) is 13.8 Å². The molecule has 23 heavy (non-hydrogen) atoms. The van der Waals surface area contributed by atoms with E-state index in [1.54, 1.807) is 12.1 Å². The largest absolute Gasteiger partial charge is 0.496 e. The Hall–Kier alpha value is -1.80. The number of carbonyl (C=O) groups excluding carboxylic acids is 1. The fourth-order valence-corrected chi connectivity index (χ4v) is 2.68. The van der Waals surface area contributed by atoms with Gasteiger partial charge in [0.25, 0.3) is 5.91 Å². The molecule has 0 aliphatic heterocycles. The molecule has 0 bridgehead atoms. The Labute approximate surface area is 138 Å². The van der Waals surface area contributed by atoms with Gasteiger partial charge in [-0.25, -0.2) is 8.42 Å². The first-order chi connectivity index (χ1) is 10.8. The number of anilines is 1. The topological polar surface area (TPSA) is 87.7 Å². The summed E-state index contributed by atoms with van der Waals surface area (Å²) in [5, 5.41) is 2.83. The Balaban J connectivity index is 2.83. The van der Waals surface area contributed by atoms with E-state index in [4.69, 9.17) is 4.74 Å². The van der Waals surface area contributed by atoms with Crippen molar-refractivity contribution in [3.05, 3.63) is 23.8 Å². The lowest BCUT2D eigenvalue weighted by Crippen LogP contribution is -2.35. The number of nitrogens with zero attached hydrogens (tertiary/aromatic N) is 1. The van der Waals surface area contributed by atoms with Crippen LogP contribution in [-0.2, 0) is 10.0 Å². The number of carbonyl (C=O) groups is 1. The molecule has 0 radical (unpaired) electrons. The third-order valence-corrected chi connectivity index (χ3v) is 3.96. The zero-order valence-electron chi connectivity index (χ0n) is 14.0. The summed E-state index contributed by atoms with van der Waals surface area (Å²) in [5.74, 6) is 0.0931. The molecule has 1 rings (SSSR count). The minimum Gasteiger partial charge on any atom is -0.496 e. The maximum atomic E-state index is 12.3. The van der Waals surface area contributed by atoms with Gasteiger partial charge in [-0.2, -0.15) is 0 Å². The normalized spacial score (nSPS) is 11.3. The molecule has 7 nitrogen and oxygen atoms in total. The van der Waals surface area contributed by atoms with Crippen LogP contribution in [0.15, 0.2) is 18.2 Å². The molecule has 0 spiro atoms. The molecule has 0 fully saturated rings. The standard InChI is InChI=1S/C15H25N3O4S/c1-5-18(6-2)10-9-16-15(19)13-11-12(17-23(4,20)21)7-8-14(13)22-3/h7-8,11,17H,5-6,9-10H2,1-4H3,(H,16,19). The molecule has 1 aromatic carbocycles. The highest BCUT2D eigenvalue weighted by Gasteiger charge is 2.14. The molecule has 0 aliphatic carbocycles. The highest BCUT2D eigenvalue weighted by atomic mass is 32.2. The van der Waals surface area contributed by atoms with Crippen LogP contribution in [0.1, 0.15) is 24.2 Å². The monoisotopic (exact) mass is 343 g/mol. The number of amides is 1. The molecule has 0 saturated carbocycles. The average molecular weight is 343 g/mol. The lowest BCUT2D eigenvalue weighted by molar-refractivity contribution is 0.0946. The van der Waals surface area contributed by atoms with Crippen molar-refractivity contribution in [1.82, 2.24) is 10.2 Å². The van der Waals surface area contributed by atoms with Gasteiger partial charge in [0, 0.05) is 18.8 Å². The first-order valence-electron chi connectivity index (χ1n) is 7.47. The third kappa shape index (κ3) is 6.45. The lowest BCUT2D eigenvalue weighted by atomic mass is 10.1. The summed E-state index contributed by atoms with van der Waals surface area (Å²) in [7, 11) is -1.94. The Bertz CT molecular complexity index is 628. The molecule has 0 aliphatic rings. The smallest absolute Gasteiger partial charge is 0.255 e. The molecule has 1 amide bonds. The number of sulfonamides is 1. The minimum absolute atomic E-state index is 0.292. The van der Waals surface area contributed by atoms with Crippen molar-refractivity contribution < 1.29 is 17.9 Å². The number of benzene rings is 1. The summed E-state index contributed by atoms with van der Waals surface area (Å²) < 4.78 is 30.1. The highest BCUT2D eigenvalue weighted by Crippen LogP contribution is 2.23. The molecule has 0 aromatic heterocycles. The van der Waals surface area contributed by atoms with Gasteiger partial charge in [-0.1, -0.05) is 13.8 Å². The van der Waals surface area contributed by atoms with Gasteiger partial charge < -0.3 is 15.0 Å². The third-order valence-electron chi connectivity index (χ3n) is 3.36. The zero-order valence-corrected chi connectivity index (χ0v) is 14.9. The van der Waals surface area contributed by atoms with E-state index in [-0.39, 0.29) is 5.91 Å². The Morgan fingerprint density at radius 2 is 1.91 bits per heavy atom. The lowest BCUT2D eigenvalue weighted by Gasteiger charge is -2.18. The van der Waals surface area contributed by atoms with Crippen LogP contribution in [-0.4, -0.2) is 58.8 Å². The Morgan fingerprint density at radius 3 is 2.43 bits per heavy atom. The van der Waals surface area contributed by atoms with Gasteiger partial charge in [0.2, 0.25) is 10.0 Å². The van der Waals surface area contributed by atoms with Crippen molar-refractivity contribution in [2.75, 3.05) is 44.3 Å². The summed E-state index contributed by atoms with van der Waals surface area (Å²) in [5.41, 5.74) is 0.614. The van der Waals surface area contributed by atoms with E-state index in [1.807, 2.05) is 0 Å². The van der Waals surface area contributed by atoms with E-state index in [1.165, 1.54) is 13.2 Å². The van der Waals surface area contributed by atoms with E-state index in [0.29, 0.717) is 23.5 Å². The number of hydrogen-bond acceptors (Lipinski definition) is 5. The van der Waals surface area contributed by atoms with Crippen LogP contribution in [0.4, 0.5) is 5.69 Å². The minimum atomic E-state index is -3.40. The number of ether oxygens (including phenoxy) is 1. The molecular formula is C15H25N3O4S. The number of methoxy groups -OCH3 is 1. The quantitative estimate of drug-likeness (QED) is 0.702. The maximum absolute atomic E-state index is 12.3. The van der Waals surface area contributed by atoms with Crippen molar-refractivity contribution in [3.8, 4) is 5.75 Å². The fourth-order valence-electron chi connectivity index (χ4n) is 2.13. The predicted octanol–water partition coefficient (Wildman–Crippen LogP) is 1.14. The van der Waals surface area contributed by atoms with Gasteiger partial charge in [-0.15, -0.1) is 0 Å². The van der Waals surface area contributed by atoms with Crippen LogP contribution < -0.4 is 14.8 Å². The van der Waals surface area contributed by atoms with Crippen molar-refractivity contribution in [2.24, 2.45) is 0 Å². The van der Waals surface area contributed by atoms with Crippen LogP contribution in [0.3, 0.4) is 0 Å². The van der Waals surface area contributed by atoms with Gasteiger partial charge >= 0.3 is 0 Å². The van der Waals surface area contributed by atoms with Gasteiger partial charge in [0.15, 0.2) is 0 Å². The van der Waals surface area contributed by atoms with E-state index in [2.05, 4.69) is 28.8 Å². The van der Waals surface area contributed by atoms with Crippen LogP contribution >= 0.6 is 0 Å². The molecule has 2 N–H and O–H groups in total. The van der Waals surface area contributed by atoms with Gasteiger partial charge in [-0.05, 0) is 31.3 Å². The second kappa shape index (κ2) is 8.73. The maximum Gasteiger partial charge on any atom is 0.255 e. The highest BCUT2D eigenvalue weighted by molar-refractivity contribution is 7.92. The average Bonchev–Trinajstić information content (AvgIpc) is 2.49. The number of likely N-dealkylation sites (N-methyl/N-ethyl adjacent to an activating group) is 1. The van der Waals surface area contributed by atoms with Gasteiger partial charge in [-0.3, -0.25) is 9.52 Å². The van der Waals surface area contributed by atoms with E-state index in [0.717, 1.165) is 25.9 Å². The van der Waals surface area contributed by atoms with Crippen molar-refractivity contribution in [3.63, 3.8) is 0 Å². The summed E-state index contributed by atoms with van der Waals surface area (Å²) in [4.78, 5) is 14.5. The molecule has 0 unspecified atom stereocenters. The summed E-state index contributed by atoms with van der Waals surface area (Å²) in [6.07, 6.45) is 1.06. The second-order valence-corrected chi connectivity index (χ2v) is 6.82. The number of nitrogens with one attached hydrogen (secondary N) is 2. The van der Waals surface area contributed by atoms with Crippen LogP contribution in [0.5, 0.6) is 5.75 Å². The van der Waals surface area contributed by atoms with E-state index >= 15 is 0 Å². The van der Waals surface area contributed by atoms with Gasteiger partial charge in [0.05, 0.1) is 18.9 Å². The Kier molecular flexibility index (Phi) is 7.31. The molecule has 130 valence electrons. The Morgan fingerprint density at radius 1 is 1.26 bits per heavy atom. The molecule has 0 atom stereocenters. The van der Waals surface area contributed by atoms with E-state index in [9.17, 15) is 13.2 Å². The summed E-state index contributed by atoms with van der Waals surface area (Å²) in [6, 6.07) is 4.58. The molecule has 0 heterocycles. The first-order valence-corrected chi connectivity index (χ1v) is 9.36. The predicted molar refractivity (Wildman–Crippen MR) is 91.6 cm³/mol. The first kappa shape index (κ1) is 19.2. The SMILES string of the molecule is CCN(CC)CCNC(=O)c1cc(NS(C)(=O)=O)ccc1OC. The van der Waals surface area contributed by atoms with Crippen molar-refractivity contribution >= 4 is 21.6 Å². The van der Waals surface area contributed by atoms with Crippen LogP contribution in [0.25, 0.3) is 0 Å². The summed E-state index contributed by atoms with van der Waals surface area (Å²) in [6.45, 7) is 7.23. The van der Waals surface area contributed by atoms with Crippen LogP contribution in [0.2, 0.25) is 0 Å². The van der Waals surface area contributed by atoms with Crippen molar-refractivity contribution in [1.29, 1.82) is 0 Å². The fraction of sp³-hybridized carbons (Fsp3) is 0.533. The molecule has 1 aromatic rings.